The van der Waals surface area contributed by atoms with Crippen molar-refractivity contribution in [2.24, 2.45) is 13.0 Å². The van der Waals surface area contributed by atoms with Gasteiger partial charge in [0.2, 0.25) is 5.95 Å². The van der Waals surface area contributed by atoms with Gasteiger partial charge >= 0.3 is 5.69 Å². The number of rotatable bonds is 4. The van der Waals surface area contributed by atoms with Crippen molar-refractivity contribution in [1.29, 1.82) is 0 Å². The van der Waals surface area contributed by atoms with E-state index in [1.807, 2.05) is 29.7 Å². The summed E-state index contributed by atoms with van der Waals surface area (Å²) in [6.07, 6.45) is 0.773. The lowest BCUT2D eigenvalue weighted by molar-refractivity contribution is 0.487. The minimum absolute atomic E-state index is 0.262. The summed E-state index contributed by atoms with van der Waals surface area (Å²) in [5.74, 6) is 1.08. The molecular formula is C20H24ClN5O2. The van der Waals surface area contributed by atoms with Crippen LogP contribution in [-0.2, 0) is 20.1 Å². The van der Waals surface area contributed by atoms with Crippen LogP contribution in [0, 0.1) is 12.8 Å². The first-order chi connectivity index (χ1) is 13.3. The Balaban J connectivity index is 1.91. The van der Waals surface area contributed by atoms with E-state index >= 15 is 0 Å². The lowest BCUT2D eigenvalue weighted by Crippen LogP contribution is -2.40. The molecule has 1 aliphatic rings. The number of nitrogens with zero attached hydrogens (tertiary/aromatic N) is 5. The molecule has 0 spiro atoms. The lowest BCUT2D eigenvalue weighted by atomic mass is 10.1. The molecule has 7 nitrogen and oxygen atoms in total. The summed E-state index contributed by atoms with van der Waals surface area (Å²) in [6.45, 7) is 7.88. The largest absolute Gasteiger partial charge is 0.332 e. The molecule has 4 rings (SSSR count). The van der Waals surface area contributed by atoms with Crippen LogP contribution < -0.4 is 16.1 Å². The van der Waals surface area contributed by atoms with Gasteiger partial charge in [0.25, 0.3) is 5.56 Å². The molecule has 0 saturated carbocycles. The molecule has 3 aromatic rings. The van der Waals surface area contributed by atoms with E-state index in [9.17, 15) is 9.59 Å². The van der Waals surface area contributed by atoms with Crippen LogP contribution in [0.5, 0.6) is 0 Å². The molecule has 1 aliphatic heterocycles. The number of benzene rings is 1. The molecule has 28 heavy (non-hydrogen) atoms. The molecule has 1 aromatic carbocycles. The Labute approximate surface area is 167 Å². The van der Waals surface area contributed by atoms with E-state index in [1.54, 1.807) is 7.05 Å². The van der Waals surface area contributed by atoms with Crippen LogP contribution in [-0.4, -0.2) is 25.2 Å². The standard InChI is InChI=1S/C20H24ClN5O2/c1-12(2)8-9-26-18(27)16-17(23(4)20(26)28)22-19-24(10-11-25(16)19)15-7-5-6-14(21)13(15)3/h5-7,12H,8-11H2,1-4H3. The highest BCUT2D eigenvalue weighted by Gasteiger charge is 2.29. The molecule has 0 fully saturated rings. The van der Waals surface area contributed by atoms with E-state index in [-0.39, 0.29) is 11.2 Å². The topological polar surface area (TPSA) is 65.1 Å². The fraction of sp³-hybridized carbons (Fsp3) is 0.450. The van der Waals surface area contributed by atoms with Crippen LogP contribution in [0.2, 0.25) is 5.02 Å². The fourth-order valence-electron chi connectivity index (χ4n) is 3.78. The molecule has 0 saturated heterocycles. The van der Waals surface area contributed by atoms with Crippen LogP contribution in [0.3, 0.4) is 0 Å². The predicted molar refractivity (Wildman–Crippen MR) is 112 cm³/mol. The Hall–Kier alpha value is -2.54. The van der Waals surface area contributed by atoms with Crippen molar-refractivity contribution in [3.05, 3.63) is 49.6 Å². The first-order valence-corrected chi connectivity index (χ1v) is 9.91. The van der Waals surface area contributed by atoms with Gasteiger partial charge in [0.05, 0.1) is 0 Å². The van der Waals surface area contributed by atoms with E-state index in [2.05, 4.69) is 23.7 Å². The summed E-state index contributed by atoms with van der Waals surface area (Å²) in [5.41, 5.74) is 2.26. The average molecular weight is 402 g/mol. The van der Waals surface area contributed by atoms with Crippen molar-refractivity contribution in [2.45, 2.75) is 40.3 Å². The monoisotopic (exact) mass is 401 g/mol. The molecule has 0 unspecified atom stereocenters. The second kappa shape index (κ2) is 6.81. The van der Waals surface area contributed by atoms with Gasteiger partial charge in [0.1, 0.15) is 0 Å². The third kappa shape index (κ3) is 2.76. The number of hydrogen-bond donors (Lipinski definition) is 0. The second-order valence-corrected chi connectivity index (χ2v) is 8.16. The maximum absolute atomic E-state index is 13.1. The van der Waals surface area contributed by atoms with Crippen molar-refractivity contribution in [3.8, 4) is 0 Å². The molecule has 0 amide bonds. The van der Waals surface area contributed by atoms with Gasteiger partial charge in [-0.3, -0.25) is 13.9 Å². The molecular weight excluding hydrogens is 378 g/mol. The maximum atomic E-state index is 13.1. The highest BCUT2D eigenvalue weighted by atomic mass is 35.5. The Bertz CT molecular complexity index is 1190. The quantitative estimate of drug-likeness (QED) is 0.674. The number of anilines is 2. The van der Waals surface area contributed by atoms with Crippen molar-refractivity contribution >= 4 is 34.4 Å². The molecule has 8 heteroatoms. The van der Waals surface area contributed by atoms with Crippen molar-refractivity contribution in [2.75, 3.05) is 11.4 Å². The fourth-order valence-corrected chi connectivity index (χ4v) is 3.95. The summed E-state index contributed by atoms with van der Waals surface area (Å²) in [5, 5.41) is 0.690. The molecule has 0 aliphatic carbocycles. The average Bonchev–Trinajstić information content (AvgIpc) is 3.21. The smallest absolute Gasteiger partial charge is 0.310 e. The number of halogens is 1. The third-order valence-corrected chi connectivity index (χ3v) is 5.87. The Morgan fingerprint density at radius 3 is 2.68 bits per heavy atom. The van der Waals surface area contributed by atoms with Crippen molar-refractivity contribution < 1.29 is 0 Å². The maximum Gasteiger partial charge on any atom is 0.332 e. The van der Waals surface area contributed by atoms with E-state index in [0.29, 0.717) is 47.7 Å². The van der Waals surface area contributed by atoms with E-state index < -0.39 is 0 Å². The van der Waals surface area contributed by atoms with E-state index in [0.717, 1.165) is 17.7 Å². The van der Waals surface area contributed by atoms with Gasteiger partial charge in [0, 0.05) is 37.4 Å². The minimum atomic E-state index is -0.319. The number of fused-ring (bicyclic) bond motifs is 3. The summed E-state index contributed by atoms with van der Waals surface area (Å²) in [6, 6.07) is 5.76. The predicted octanol–water partition coefficient (Wildman–Crippen LogP) is 3.06. The highest BCUT2D eigenvalue weighted by Crippen LogP contribution is 2.35. The molecule has 3 heterocycles. The highest BCUT2D eigenvalue weighted by molar-refractivity contribution is 6.31. The zero-order chi connectivity index (χ0) is 20.2. The van der Waals surface area contributed by atoms with Crippen LogP contribution in [0.15, 0.2) is 27.8 Å². The summed E-state index contributed by atoms with van der Waals surface area (Å²) in [4.78, 5) is 32.6. The van der Waals surface area contributed by atoms with Gasteiger partial charge in [-0.2, -0.15) is 4.98 Å². The lowest BCUT2D eigenvalue weighted by Gasteiger charge is -2.19. The van der Waals surface area contributed by atoms with Gasteiger partial charge in [-0.1, -0.05) is 31.5 Å². The van der Waals surface area contributed by atoms with E-state index in [4.69, 9.17) is 11.6 Å². The SMILES string of the molecule is Cc1c(Cl)cccc1N1CCn2c1nc1c2c(=O)n(CCC(C)C)c(=O)n1C. The Morgan fingerprint density at radius 2 is 1.96 bits per heavy atom. The van der Waals surface area contributed by atoms with Crippen molar-refractivity contribution in [1.82, 2.24) is 18.7 Å². The third-order valence-electron chi connectivity index (χ3n) is 5.46. The zero-order valence-corrected chi connectivity index (χ0v) is 17.3. The molecule has 0 bridgehead atoms. The number of imidazole rings is 1. The van der Waals surface area contributed by atoms with Crippen LogP contribution >= 0.6 is 11.6 Å². The minimum Gasteiger partial charge on any atom is -0.310 e. The van der Waals surface area contributed by atoms with Crippen LogP contribution in [0.4, 0.5) is 11.6 Å². The molecule has 2 aromatic heterocycles. The second-order valence-electron chi connectivity index (χ2n) is 7.75. The number of hydrogen-bond acceptors (Lipinski definition) is 4. The van der Waals surface area contributed by atoms with E-state index in [1.165, 1.54) is 9.13 Å². The van der Waals surface area contributed by atoms with Crippen molar-refractivity contribution in [3.63, 3.8) is 0 Å². The van der Waals surface area contributed by atoms with Crippen LogP contribution in [0.25, 0.3) is 11.2 Å². The molecule has 0 atom stereocenters. The number of aromatic nitrogens is 4. The van der Waals surface area contributed by atoms with Gasteiger partial charge in [-0.25, -0.2) is 4.79 Å². The first kappa shape index (κ1) is 18.8. The Kier molecular flexibility index (Phi) is 4.57. The van der Waals surface area contributed by atoms with Gasteiger partial charge in [0.15, 0.2) is 11.2 Å². The zero-order valence-electron chi connectivity index (χ0n) is 16.6. The van der Waals surface area contributed by atoms with Gasteiger partial charge < -0.3 is 9.47 Å². The number of aryl methyl sites for hydroxylation is 1. The first-order valence-electron chi connectivity index (χ1n) is 9.54. The van der Waals surface area contributed by atoms with Gasteiger partial charge in [-0.15, -0.1) is 0 Å². The summed E-state index contributed by atoms with van der Waals surface area (Å²) < 4.78 is 4.74. The van der Waals surface area contributed by atoms with Gasteiger partial charge in [-0.05, 0) is 37.0 Å². The normalized spacial score (nSPS) is 13.7. The van der Waals surface area contributed by atoms with Crippen LogP contribution in [0.1, 0.15) is 25.8 Å². The molecule has 0 radical (unpaired) electrons. The summed E-state index contributed by atoms with van der Waals surface area (Å²) in [7, 11) is 1.67. The Morgan fingerprint density at radius 1 is 1.21 bits per heavy atom. The molecule has 148 valence electrons. The molecule has 0 N–H and O–H groups in total. The summed E-state index contributed by atoms with van der Waals surface area (Å²) >= 11 is 6.30.